The van der Waals surface area contributed by atoms with Crippen molar-refractivity contribution in [3.05, 3.63) is 29.7 Å². The Bertz CT molecular complexity index is 746. The summed E-state index contributed by atoms with van der Waals surface area (Å²) in [5.41, 5.74) is 0.163. The van der Waals surface area contributed by atoms with Gasteiger partial charge in [-0.2, -0.15) is 10.0 Å². The fourth-order valence-corrected chi connectivity index (χ4v) is 3.32. The highest BCUT2D eigenvalue weighted by Gasteiger charge is 2.37. The number of hydrazone groups is 1. The predicted molar refractivity (Wildman–Crippen MR) is 86.1 cm³/mol. The Hall–Kier alpha value is -2.39. The molecule has 0 unspecified atom stereocenters. The molecule has 4 heterocycles. The number of aliphatic imine (C=N–C) groups is 1. The van der Waals surface area contributed by atoms with Crippen LogP contribution >= 0.6 is 11.8 Å². The standard InChI is InChI=1S/C14H13N5O3S/c15-11-10(8-9-2-1-5-22-9)12(20)16-13-19(11)17-14(23-13)18-3-6-21-7-4-18/h1-2,5,8,15H,3-4,6-7H2/b10-8+,15-11?. The van der Waals surface area contributed by atoms with Gasteiger partial charge < -0.3 is 14.1 Å². The average Bonchev–Trinajstić information content (AvgIpc) is 3.22. The Kier molecular flexibility index (Phi) is 3.50. The van der Waals surface area contributed by atoms with Crippen molar-refractivity contribution < 1.29 is 13.9 Å². The number of amides is 1. The van der Waals surface area contributed by atoms with Crippen molar-refractivity contribution in [2.75, 3.05) is 26.3 Å². The van der Waals surface area contributed by atoms with E-state index in [9.17, 15) is 4.79 Å². The smallest absolute Gasteiger partial charge is 0.283 e. The van der Waals surface area contributed by atoms with Crippen LogP contribution in [-0.2, 0) is 9.53 Å². The van der Waals surface area contributed by atoms with Gasteiger partial charge in [-0.25, -0.2) is 0 Å². The van der Waals surface area contributed by atoms with Gasteiger partial charge in [-0.05, 0) is 30.0 Å². The molecule has 0 saturated carbocycles. The summed E-state index contributed by atoms with van der Waals surface area (Å²) in [7, 11) is 0. The van der Waals surface area contributed by atoms with E-state index in [2.05, 4.69) is 15.0 Å². The van der Waals surface area contributed by atoms with Gasteiger partial charge in [-0.1, -0.05) is 0 Å². The van der Waals surface area contributed by atoms with Crippen LogP contribution in [0, 0.1) is 5.41 Å². The van der Waals surface area contributed by atoms with Gasteiger partial charge in [0.25, 0.3) is 5.91 Å². The normalized spacial score (nSPS) is 23.2. The lowest BCUT2D eigenvalue weighted by Gasteiger charge is -2.26. The number of thioether (sulfide) groups is 1. The first-order valence-corrected chi connectivity index (χ1v) is 7.90. The number of hydrogen-bond donors (Lipinski definition) is 1. The Balaban J connectivity index is 1.63. The number of ether oxygens (including phenoxy) is 1. The largest absolute Gasteiger partial charge is 0.465 e. The number of rotatable bonds is 1. The molecular formula is C14H13N5O3S. The van der Waals surface area contributed by atoms with Crippen LogP contribution in [0.5, 0.6) is 0 Å². The molecule has 0 bridgehead atoms. The van der Waals surface area contributed by atoms with Crippen molar-refractivity contribution in [3.8, 4) is 0 Å². The summed E-state index contributed by atoms with van der Waals surface area (Å²) < 4.78 is 10.5. The summed E-state index contributed by atoms with van der Waals surface area (Å²) in [6.45, 7) is 2.77. The topological polar surface area (TPSA) is 94.5 Å². The van der Waals surface area contributed by atoms with Crippen LogP contribution in [0.2, 0.25) is 0 Å². The first kappa shape index (κ1) is 14.2. The molecule has 0 atom stereocenters. The molecule has 1 fully saturated rings. The maximum absolute atomic E-state index is 12.2. The summed E-state index contributed by atoms with van der Waals surface area (Å²) >= 11 is 1.30. The minimum absolute atomic E-state index is 0.00663. The summed E-state index contributed by atoms with van der Waals surface area (Å²) in [5, 5.41) is 15.2. The monoisotopic (exact) mass is 331 g/mol. The van der Waals surface area contributed by atoms with Gasteiger partial charge >= 0.3 is 0 Å². The second-order valence-electron chi connectivity index (χ2n) is 5.02. The Morgan fingerprint density at radius 3 is 2.87 bits per heavy atom. The molecule has 1 amide bonds. The maximum Gasteiger partial charge on any atom is 0.283 e. The van der Waals surface area contributed by atoms with Crippen molar-refractivity contribution in [1.29, 1.82) is 5.41 Å². The fraction of sp³-hybridized carbons (Fsp3) is 0.286. The molecule has 1 aromatic rings. The first-order valence-electron chi connectivity index (χ1n) is 7.09. The summed E-state index contributed by atoms with van der Waals surface area (Å²) in [6.07, 6.45) is 3.02. The van der Waals surface area contributed by atoms with Crippen LogP contribution in [0.3, 0.4) is 0 Å². The number of nitrogens with zero attached hydrogens (tertiary/aromatic N) is 4. The molecular weight excluding hydrogens is 318 g/mol. The van der Waals surface area contributed by atoms with E-state index >= 15 is 0 Å². The molecule has 1 saturated heterocycles. The predicted octanol–water partition coefficient (Wildman–Crippen LogP) is 1.19. The van der Waals surface area contributed by atoms with Crippen LogP contribution in [0.1, 0.15) is 5.76 Å². The number of carbonyl (C=O) groups is 1. The number of morpholine rings is 1. The highest BCUT2D eigenvalue weighted by Crippen LogP contribution is 2.29. The maximum atomic E-state index is 12.2. The van der Waals surface area contributed by atoms with Gasteiger partial charge in [-0.3, -0.25) is 10.2 Å². The lowest BCUT2D eigenvalue weighted by molar-refractivity contribution is -0.114. The Morgan fingerprint density at radius 1 is 1.30 bits per heavy atom. The zero-order valence-electron chi connectivity index (χ0n) is 12.1. The van der Waals surface area contributed by atoms with E-state index in [0.717, 1.165) is 18.3 Å². The van der Waals surface area contributed by atoms with Gasteiger partial charge in [0.15, 0.2) is 11.0 Å². The molecule has 0 spiro atoms. The zero-order valence-corrected chi connectivity index (χ0v) is 12.9. The molecule has 0 aliphatic carbocycles. The third kappa shape index (κ3) is 2.57. The molecule has 23 heavy (non-hydrogen) atoms. The van der Waals surface area contributed by atoms with E-state index < -0.39 is 5.91 Å². The third-order valence-corrected chi connectivity index (χ3v) is 4.52. The second-order valence-corrected chi connectivity index (χ2v) is 5.95. The van der Waals surface area contributed by atoms with E-state index in [-0.39, 0.29) is 11.4 Å². The molecule has 1 N–H and O–H groups in total. The van der Waals surface area contributed by atoms with Crippen LogP contribution < -0.4 is 0 Å². The lowest BCUT2D eigenvalue weighted by Crippen LogP contribution is -2.39. The van der Waals surface area contributed by atoms with E-state index in [1.54, 1.807) is 12.1 Å². The number of nitrogens with one attached hydrogen (secondary N) is 1. The number of furan rings is 1. The van der Waals surface area contributed by atoms with Crippen LogP contribution in [0.4, 0.5) is 0 Å². The Morgan fingerprint density at radius 2 is 2.13 bits per heavy atom. The van der Waals surface area contributed by atoms with Gasteiger partial charge in [0, 0.05) is 13.1 Å². The van der Waals surface area contributed by atoms with Crippen LogP contribution in [0.25, 0.3) is 6.08 Å². The molecule has 3 aliphatic rings. The van der Waals surface area contributed by atoms with E-state index in [1.807, 2.05) is 0 Å². The van der Waals surface area contributed by atoms with Crippen LogP contribution in [-0.4, -0.2) is 58.3 Å². The van der Waals surface area contributed by atoms with Crippen molar-refractivity contribution in [1.82, 2.24) is 9.91 Å². The molecule has 0 radical (unpaired) electrons. The van der Waals surface area contributed by atoms with Crippen molar-refractivity contribution in [3.63, 3.8) is 0 Å². The third-order valence-electron chi connectivity index (χ3n) is 3.56. The highest BCUT2D eigenvalue weighted by atomic mass is 32.2. The van der Waals surface area contributed by atoms with E-state index in [0.29, 0.717) is 24.1 Å². The Labute approximate surface area is 136 Å². The van der Waals surface area contributed by atoms with Gasteiger partial charge in [0.2, 0.25) is 5.17 Å². The fourth-order valence-electron chi connectivity index (χ4n) is 2.38. The number of carbonyl (C=O) groups excluding carboxylic acids is 1. The van der Waals surface area contributed by atoms with Gasteiger partial charge in [0.05, 0.1) is 25.1 Å². The van der Waals surface area contributed by atoms with Gasteiger partial charge in [-0.15, -0.1) is 5.10 Å². The minimum Gasteiger partial charge on any atom is -0.465 e. The molecule has 1 aromatic heterocycles. The highest BCUT2D eigenvalue weighted by molar-refractivity contribution is 8.26. The number of hydrogen-bond acceptors (Lipinski definition) is 7. The minimum atomic E-state index is -0.455. The first-order chi connectivity index (χ1) is 11.2. The molecule has 0 aromatic carbocycles. The molecule has 118 valence electrons. The van der Waals surface area contributed by atoms with Gasteiger partial charge in [0.1, 0.15) is 5.76 Å². The summed E-state index contributed by atoms with van der Waals surface area (Å²) in [6, 6.07) is 3.44. The summed E-state index contributed by atoms with van der Waals surface area (Å²) in [5.74, 6) is 0.0525. The molecule has 8 nitrogen and oxygen atoms in total. The van der Waals surface area contributed by atoms with Crippen molar-refractivity contribution in [2.24, 2.45) is 10.1 Å². The SMILES string of the molecule is N=C1/C(=C\c2ccco2)C(=O)N=C2SC(N3CCOCC3)=NN12. The second kappa shape index (κ2) is 5.67. The number of fused-ring (bicyclic) bond motifs is 1. The molecule has 4 rings (SSSR count). The van der Waals surface area contributed by atoms with E-state index in [1.165, 1.54) is 29.1 Å². The zero-order chi connectivity index (χ0) is 15.8. The number of amidine groups is 3. The van der Waals surface area contributed by atoms with Crippen molar-refractivity contribution in [2.45, 2.75) is 0 Å². The van der Waals surface area contributed by atoms with Crippen LogP contribution in [0.15, 0.2) is 38.5 Å². The quantitative estimate of drug-likeness (QED) is 0.777. The average molecular weight is 331 g/mol. The lowest BCUT2D eigenvalue weighted by atomic mass is 10.1. The molecule has 9 heteroatoms. The van der Waals surface area contributed by atoms with Crippen molar-refractivity contribution >= 4 is 39.9 Å². The summed E-state index contributed by atoms with van der Waals surface area (Å²) in [4.78, 5) is 18.3. The molecule has 3 aliphatic heterocycles. The van der Waals surface area contributed by atoms with E-state index in [4.69, 9.17) is 14.6 Å².